The van der Waals surface area contributed by atoms with Crippen LogP contribution in [-0.4, -0.2) is 25.0 Å². The first-order valence-corrected chi connectivity index (χ1v) is 11.5. The molecule has 35 heavy (non-hydrogen) atoms. The van der Waals surface area contributed by atoms with Gasteiger partial charge in [-0.15, -0.1) is 0 Å². The number of aromatic nitrogens is 1. The molecule has 0 fully saturated rings. The van der Waals surface area contributed by atoms with Crippen molar-refractivity contribution >= 4 is 29.1 Å². The van der Waals surface area contributed by atoms with Gasteiger partial charge in [0.2, 0.25) is 5.91 Å². The molecular weight excluding hydrogens is 502 g/mol. The van der Waals surface area contributed by atoms with Crippen LogP contribution in [0.2, 0.25) is 10.0 Å². The maximum atomic E-state index is 12.9. The van der Waals surface area contributed by atoms with Gasteiger partial charge in [-0.25, -0.2) is 0 Å². The maximum Gasteiger partial charge on any atom is 0.433 e. The molecule has 5 nitrogen and oxygen atoms in total. The van der Waals surface area contributed by atoms with E-state index in [4.69, 9.17) is 27.9 Å². The standard InChI is InChI=1S/C25H24Cl2F3N3O2/c1-31-24(34)23(16-5-8-18(26)9-6-16)33-20(17-7-10-19(27)21(13-17)35-2)11-3-15-4-12-22(32-14-15)25(28,29)30/h4-10,12-14,20,23,33H,3,11H2,1-2H3,(H,31,34). The molecular formula is C25H24Cl2F3N3O2. The summed E-state index contributed by atoms with van der Waals surface area (Å²) in [6.07, 6.45) is -2.41. The van der Waals surface area contributed by atoms with E-state index in [9.17, 15) is 18.0 Å². The number of carbonyl (C=O) groups is 1. The molecule has 186 valence electrons. The smallest absolute Gasteiger partial charge is 0.433 e. The van der Waals surface area contributed by atoms with Crippen molar-refractivity contribution in [1.82, 2.24) is 15.6 Å². The van der Waals surface area contributed by atoms with E-state index < -0.39 is 17.9 Å². The first-order chi connectivity index (χ1) is 16.6. The highest BCUT2D eigenvalue weighted by atomic mass is 35.5. The molecule has 1 heterocycles. The normalized spacial score (nSPS) is 13.2. The number of benzene rings is 2. The Bertz CT molecular complexity index is 1140. The minimum Gasteiger partial charge on any atom is -0.495 e. The van der Waals surface area contributed by atoms with Crippen molar-refractivity contribution in [3.63, 3.8) is 0 Å². The van der Waals surface area contributed by atoms with Crippen molar-refractivity contribution in [3.8, 4) is 5.75 Å². The fourth-order valence-corrected chi connectivity index (χ4v) is 3.94. The summed E-state index contributed by atoms with van der Waals surface area (Å²) >= 11 is 12.2. The highest BCUT2D eigenvalue weighted by Gasteiger charge is 2.32. The fourth-order valence-electron chi connectivity index (χ4n) is 3.61. The second-order valence-electron chi connectivity index (χ2n) is 7.80. The molecule has 2 aromatic carbocycles. The van der Waals surface area contributed by atoms with E-state index in [1.54, 1.807) is 43.4 Å². The van der Waals surface area contributed by atoms with Crippen molar-refractivity contribution in [3.05, 3.63) is 93.2 Å². The number of hydrogen-bond donors (Lipinski definition) is 2. The third-order valence-electron chi connectivity index (χ3n) is 5.49. The molecule has 0 aliphatic heterocycles. The molecule has 0 aliphatic rings. The van der Waals surface area contributed by atoms with Gasteiger partial charge < -0.3 is 10.1 Å². The quantitative estimate of drug-likeness (QED) is 0.350. The number of rotatable bonds is 9. The van der Waals surface area contributed by atoms with Crippen LogP contribution in [0, 0.1) is 0 Å². The molecule has 2 unspecified atom stereocenters. The number of carbonyl (C=O) groups excluding carboxylic acids is 1. The third-order valence-corrected chi connectivity index (χ3v) is 6.06. The maximum absolute atomic E-state index is 12.9. The van der Waals surface area contributed by atoms with E-state index in [0.29, 0.717) is 39.8 Å². The van der Waals surface area contributed by atoms with E-state index in [0.717, 1.165) is 11.6 Å². The van der Waals surface area contributed by atoms with Crippen LogP contribution in [-0.2, 0) is 17.4 Å². The summed E-state index contributed by atoms with van der Waals surface area (Å²) in [6, 6.07) is 13.5. The summed E-state index contributed by atoms with van der Waals surface area (Å²) in [7, 11) is 3.05. The zero-order valence-electron chi connectivity index (χ0n) is 19.0. The zero-order chi connectivity index (χ0) is 25.6. The number of aryl methyl sites for hydroxylation is 1. The molecule has 3 aromatic rings. The first-order valence-electron chi connectivity index (χ1n) is 10.7. The van der Waals surface area contributed by atoms with Gasteiger partial charge in [0.15, 0.2) is 0 Å². The van der Waals surface area contributed by atoms with Gasteiger partial charge in [-0.1, -0.05) is 47.5 Å². The van der Waals surface area contributed by atoms with Crippen LogP contribution in [0.4, 0.5) is 13.2 Å². The predicted molar refractivity (Wildman–Crippen MR) is 130 cm³/mol. The van der Waals surface area contributed by atoms with E-state index in [1.807, 2.05) is 6.07 Å². The van der Waals surface area contributed by atoms with Crippen LogP contribution in [0.5, 0.6) is 5.75 Å². The monoisotopic (exact) mass is 525 g/mol. The van der Waals surface area contributed by atoms with Crippen molar-refractivity contribution < 1.29 is 22.7 Å². The first kappa shape index (κ1) is 26.8. The zero-order valence-corrected chi connectivity index (χ0v) is 20.5. The van der Waals surface area contributed by atoms with Crippen LogP contribution in [0.15, 0.2) is 60.8 Å². The van der Waals surface area contributed by atoms with Crippen LogP contribution in [0.3, 0.4) is 0 Å². The number of hydrogen-bond acceptors (Lipinski definition) is 4. The number of pyridine rings is 1. The van der Waals surface area contributed by atoms with Crippen molar-refractivity contribution in [2.75, 3.05) is 14.2 Å². The lowest BCUT2D eigenvalue weighted by molar-refractivity contribution is -0.141. The molecule has 3 rings (SSSR count). The largest absolute Gasteiger partial charge is 0.495 e. The SMILES string of the molecule is CNC(=O)C(NC(CCc1ccc(C(F)(F)F)nc1)c1ccc(Cl)c(OC)c1)c1ccc(Cl)cc1. The summed E-state index contributed by atoms with van der Waals surface area (Å²) in [5, 5.41) is 7.02. The van der Waals surface area contributed by atoms with Gasteiger partial charge in [-0.3, -0.25) is 15.1 Å². The van der Waals surface area contributed by atoms with Gasteiger partial charge >= 0.3 is 6.18 Å². The number of amides is 1. The van der Waals surface area contributed by atoms with Gasteiger partial charge in [0.1, 0.15) is 17.5 Å². The number of likely N-dealkylation sites (N-methyl/N-ethyl adjacent to an activating group) is 1. The highest BCUT2D eigenvalue weighted by Crippen LogP contribution is 2.32. The minimum absolute atomic E-state index is 0.255. The highest BCUT2D eigenvalue weighted by molar-refractivity contribution is 6.32. The van der Waals surface area contributed by atoms with E-state index >= 15 is 0 Å². The molecule has 0 bridgehead atoms. The van der Waals surface area contributed by atoms with Crippen molar-refractivity contribution in [2.24, 2.45) is 0 Å². The lowest BCUT2D eigenvalue weighted by atomic mass is 9.96. The Balaban J connectivity index is 1.91. The Hall–Kier alpha value is -2.81. The Kier molecular flexibility index (Phi) is 8.99. The molecule has 2 atom stereocenters. The lowest BCUT2D eigenvalue weighted by Gasteiger charge is -2.26. The summed E-state index contributed by atoms with van der Waals surface area (Å²) < 4.78 is 43.9. The average molecular weight is 526 g/mol. The van der Waals surface area contributed by atoms with Gasteiger partial charge in [0.25, 0.3) is 0 Å². The van der Waals surface area contributed by atoms with Crippen LogP contribution in [0.25, 0.3) is 0 Å². The number of ether oxygens (including phenoxy) is 1. The second kappa shape index (κ2) is 11.7. The van der Waals surface area contributed by atoms with Crippen molar-refractivity contribution in [1.29, 1.82) is 0 Å². The molecule has 1 aromatic heterocycles. The number of nitrogens with zero attached hydrogens (tertiary/aromatic N) is 1. The predicted octanol–water partition coefficient (Wildman–Crippen LogP) is 6.17. The van der Waals surface area contributed by atoms with E-state index in [-0.39, 0.29) is 11.9 Å². The minimum atomic E-state index is -4.50. The molecule has 1 amide bonds. The topological polar surface area (TPSA) is 63.2 Å². The summed E-state index contributed by atoms with van der Waals surface area (Å²) in [5.41, 5.74) is 1.19. The van der Waals surface area contributed by atoms with Crippen molar-refractivity contribution in [2.45, 2.75) is 31.1 Å². The van der Waals surface area contributed by atoms with Crippen LogP contribution < -0.4 is 15.4 Å². The van der Waals surface area contributed by atoms with E-state index in [2.05, 4.69) is 15.6 Å². The number of nitrogens with one attached hydrogen (secondary N) is 2. The Morgan fingerprint density at radius 2 is 1.74 bits per heavy atom. The molecule has 2 N–H and O–H groups in total. The Labute approximate surface area is 211 Å². The molecule has 10 heteroatoms. The summed E-state index contributed by atoms with van der Waals surface area (Å²) in [4.78, 5) is 16.3. The number of halogens is 5. The molecule has 0 spiro atoms. The number of methoxy groups -OCH3 is 1. The van der Waals surface area contributed by atoms with Gasteiger partial charge in [-0.2, -0.15) is 13.2 Å². The van der Waals surface area contributed by atoms with Crippen LogP contribution >= 0.6 is 23.2 Å². The van der Waals surface area contributed by atoms with E-state index in [1.165, 1.54) is 19.4 Å². The average Bonchev–Trinajstić information content (AvgIpc) is 2.84. The summed E-state index contributed by atoms with van der Waals surface area (Å²) in [5.74, 6) is 0.213. The summed E-state index contributed by atoms with van der Waals surface area (Å²) in [6.45, 7) is 0. The Morgan fingerprint density at radius 3 is 2.31 bits per heavy atom. The number of alkyl halides is 3. The van der Waals surface area contributed by atoms with Crippen LogP contribution in [0.1, 0.15) is 40.9 Å². The fraction of sp³-hybridized carbons (Fsp3) is 0.280. The lowest BCUT2D eigenvalue weighted by Crippen LogP contribution is -2.38. The second-order valence-corrected chi connectivity index (χ2v) is 8.64. The van der Waals surface area contributed by atoms with Gasteiger partial charge in [0, 0.05) is 24.3 Å². The van der Waals surface area contributed by atoms with Gasteiger partial charge in [-0.05, 0) is 59.9 Å². The Morgan fingerprint density at radius 1 is 1.06 bits per heavy atom. The van der Waals surface area contributed by atoms with Gasteiger partial charge in [0.05, 0.1) is 12.1 Å². The molecule has 0 saturated carbocycles. The molecule has 0 saturated heterocycles. The molecule has 0 aliphatic carbocycles. The third kappa shape index (κ3) is 7.10. The molecule has 0 radical (unpaired) electrons.